The monoisotopic (exact) mass is 529 g/mol. The fourth-order valence-electron chi connectivity index (χ4n) is 5.89. The maximum Gasteiger partial charge on any atom is 0.227 e. The Labute approximate surface area is 230 Å². The lowest BCUT2D eigenvalue weighted by Crippen LogP contribution is -2.20. The third-order valence-corrected chi connectivity index (χ3v) is 7.92. The predicted octanol–water partition coefficient (Wildman–Crippen LogP) is 8.02. The molecule has 1 fully saturated rings. The number of benzene rings is 3. The summed E-state index contributed by atoms with van der Waals surface area (Å²) in [5.74, 6) is -0.0341. The number of aromatic amines is 2. The Kier molecular flexibility index (Phi) is 5.92. The van der Waals surface area contributed by atoms with Crippen LogP contribution in [0, 0.1) is 18.7 Å². The van der Waals surface area contributed by atoms with E-state index in [0.29, 0.717) is 0 Å². The molecule has 1 saturated carbocycles. The normalized spacial score (nSPS) is 13.8. The molecule has 3 heterocycles. The average molecular weight is 530 g/mol. The number of anilines is 1. The zero-order chi connectivity index (χ0) is 27.2. The quantitative estimate of drug-likeness (QED) is 0.211. The zero-order valence-corrected chi connectivity index (χ0v) is 22.1. The molecule has 1 aliphatic rings. The molecule has 7 rings (SSSR count). The highest BCUT2D eigenvalue weighted by Gasteiger charge is 2.23. The molecule has 40 heavy (non-hydrogen) atoms. The van der Waals surface area contributed by atoms with E-state index in [9.17, 15) is 9.18 Å². The van der Waals surface area contributed by atoms with Gasteiger partial charge in [-0.25, -0.2) is 4.39 Å². The maximum atomic E-state index is 13.5. The van der Waals surface area contributed by atoms with Crippen molar-refractivity contribution in [2.75, 3.05) is 5.32 Å². The molecule has 1 aliphatic carbocycles. The van der Waals surface area contributed by atoms with E-state index < -0.39 is 0 Å². The molecule has 7 heteroatoms. The summed E-state index contributed by atoms with van der Waals surface area (Å²) in [5.41, 5.74) is 9.29. The number of aromatic nitrogens is 4. The second-order valence-corrected chi connectivity index (χ2v) is 10.7. The Bertz CT molecular complexity index is 1880. The van der Waals surface area contributed by atoms with Crippen molar-refractivity contribution >= 4 is 33.4 Å². The number of pyridine rings is 1. The Hall–Kier alpha value is -4.78. The molecular weight excluding hydrogens is 501 g/mol. The van der Waals surface area contributed by atoms with Crippen LogP contribution in [-0.2, 0) is 4.79 Å². The minimum atomic E-state index is -0.269. The third kappa shape index (κ3) is 4.43. The molecule has 0 radical (unpaired) electrons. The largest absolute Gasteiger partial charge is 0.352 e. The summed E-state index contributed by atoms with van der Waals surface area (Å²) in [4.78, 5) is 20.6. The Morgan fingerprint density at radius 1 is 0.875 bits per heavy atom. The Morgan fingerprint density at radius 2 is 1.68 bits per heavy atom. The van der Waals surface area contributed by atoms with Crippen LogP contribution < -0.4 is 5.32 Å². The molecule has 6 nitrogen and oxygen atoms in total. The Balaban J connectivity index is 1.26. The van der Waals surface area contributed by atoms with Crippen LogP contribution >= 0.6 is 0 Å². The van der Waals surface area contributed by atoms with Gasteiger partial charge in [0.25, 0.3) is 0 Å². The van der Waals surface area contributed by atoms with Crippen LogP contribution in [0.1, 0.15) is 31.2 Å². The molecule has 1 amide bonds. The van der Waals surface area contributed by atoms with E-state index in [1.807, 2.05) is 25.1 Å². The summed E-state index contributed by atoms with van der Waals surface area (Å²) < 4.78 is 13.5. The maximum absolute atomic E-state index is 13.5. The molecular formula is C33H28FN5O. The first kappa shape index (κ1) is 24.3. The SMILES string of the molecule is Cc1cc(NC(=O)C2CCCC2)cc(-c2ccc3[nH]nc(-c4cc5c(-c6ccc(F)cc6)cncc5[nH]4)c3c2)c1. The summed E-state index contributed by atoms with van der Waals surface area (Å²) in [7, 11) is 0. The van der Waals surface area contributed by atoms with E-state index in [2.05, 4.69) is 49.7 Å². The first-order chi connectivity index (χ1) is 19.5. The van der Waals surface area contributed by atoms with E-state index in [4.69, 9.17) is 0 Å². The first-order valence-electron chi connectivity index (χ1n) is 13.7. The van der Waals surface area contributed by atoms with Crippen LogP contribution in [0.2, 0.25) is 0 Å². The van der Waals surface area contributed by atoms with Gasteiger partial charge in [0.15, 0.2) is 0 Å². The first-order valence-corrected chi connectivity index (χ1v) is 13.7. The molecule has 0 unspecified atom stereocenters. The minimum Gasteiger partial charge on any atom is -0.352 e. The van der Waals surface area contributed by atoms with Crippen molar-refractivity contribution in [3.63, 3.8) is 0 Å². The van der Waals surface area contributed by atoms with Crippen LogP contribution in [0.4, 0.5) is 10.1 Å². The lowest BCUT2D eigenvalue weighted by molar-refractivity contribution is -0.119. The van der Waals surface area contributed by atoms with Crippen LogP contribution in [0.5, 0.6) is 0 Å². The smallest absolute Gasteiger partial charge is 0.227 e. The fraction of sp³-hybridized carbons (Fsp3) is 0.182. The van der Waals surface area contributed by atoms with Gasteiger partial charge in [-0.2, -0.15) is 5.10 Å². The van der Waals surface area contributed by atoms with Gasteiger partial charge in [-0.15, -0.1) is 0 Å². The van der Waals surface area contributed by atoms with Crippen molar-refractivity contribution in [2.24, 2.45) is 5.92 Å². The molecule has 6 aromatic rings. The number of fused-ring (bicyclic) bond motifs is 2. The minimum absolute atomic E-state index is 0.115. The molecule has 0 spiro atoms. The number of hydrogen-bond acceptors (Lipinski definition) is 3. The van der Waals surface area contributed by atoms with Crippen molar-refractivity contribution in [2.45, 2.75) is 32.6 Å². The molecule has 0 aliphatic heterocycles. The Morgan fingerprint density at radius 3 is 2.50 bits per heavy atom. The number of nitrogens with one attached hydrogen (secondary N) is 3. The molecule has 3 aromatic heterocycles. The summed E-state index contributed by atoms with van der Waals surface area (Å²) in [6.45, 7) is 2.05. The number of amides is 1. The summed E-state index contributed by atoms with van der Waals surface area (Å²) in [6.07, 6.45) is 7.80. The summed E-state index contributed by atoms with van der Waals surface area (Å²) >= 11 is 0. The van der Waals surface area contributed by atoms with Crippen molar-refractivity contribution in [1.82, 2.24) is 20.2 Å². The van der Waals surface area contributed by atoms with Crippen molar-refractivity contribution < 1.29 is 9.18 Å². The second-order valence-electron chi connectivity index (χ2n) is 10.7. The van der Waals surface area contributed by atoms with Gasteiger partial charge in [-0.3, -0.25) is 14.9 Å². The van der Waals surface area contributed by atoms with Gasteiger partial charge in [-0.05, 0) is 84.5 Å². The summed E-state index contributed by atoms with van der Waals surface area (Å²) in [6, 6.07) is 21.0. The number of rotatable bonds is 5. The summed E-state index contributed by atoms with van der Waals surface area (Å²) in [5, 5.41) is 12.9. The number of carbonyl (C=O) groups excluding carboxylic acids is 1. The van der Waals surface area contributed by atoms with Crippen molar-refractivity contribution in [1.29, 1.82) is 0 Å². The average Bonchev–Trinajstić information content (AvgIpc) is 3.72. The van der Waals surface area contributed by atoms with Gasteiger partial charge in [0.05, 0.1) is 22.9 Å². The van der Waals surface area contributed by atoms with E-state index in [1.54, 1.807) is 24.5 Å². The van der Waals surface area contributed by atoms with Crippen LogP contribution in [0.25, 0.3) is 55.4 Å². The molecule has 3 N–H and O–H groups in total. The van der Waals surface area contributed by atoms with Gasteiger partial charge in [-0.1, -0.05) is 37.1 Å². The third-order valence-electron chi connectivity index (χ3n) is 7.92. The highest BCUT2D eigenvalue weighted by Crippen LogP contribution is 2.36. The van der Waals surface area contributed by atoms with Crippen molar-refractivity contribution in [3.8, 4) is 33.6 Å². The topological polar surface area (TPSA) is 86.5 Å². The number of hydrogen-bond donors (Lipinski definition) is 3. The lowest BCUT2D eigenvalue weighted by atomic mass is 9.99. The van der Waals surface area contributed by atoms with Gasteiger partial charge in [0.2, 0.25) is 5.91 Å². The number of halogens is 1. The van der Waals surface area contributed by atoms with Gasteiger partial charge in [0, 0.05) is 34.1 Å². The highest BCUT2D eigenvalue weighted by atomic mass is 19.1. The van der Waals surface area contributed by atoms with Crippen LogP contribution in [-0.4, -0.2) is 26.1 Å². The van der Waals surface area contributed by atoms with Gasteiger partial charge < -0.3 is 10.3 Å². The molecule has 3 aromatic carbocycles. The predicted molar refractivity (Wildman–Crippen MR) is 157 cm³/mol. The van der Waals surface area contributed by atoms with Gasteiger partial charge in [0.1, 0.15) is 11.5 Å². The number of H-pyrrole nitrogens is 2. The number of carbonyl (C=O) groups is 1. The zero-order valence-electron chi connectivity index (χ0n) is 22.1. The van der Waals surface area contributed by atoms with Crippen LogP contribution in [0.15, 0.2) is 79.1 Å². The van der Waals surface area contributed by atoms with E-state index >= 15 is 0 Å². The molecule has 0 bridgehead atoms. The number of aryl methyl sites for hydroxylation is 1. The molecule has 0 atom stereocenters. The molecule has 198 valence electrons. The van der Waals surface area contributed by atoms with E-state index in [1.165, 1.54) is 12.1 Å². The lowest BCUT2D eigenvalue weighted by Gasteiger charge is -2.13. The van der Waals surface area contributed by atoms with Gasteiger partial charge >= 0.3 is 0 Å². The van der Waals surface area contributed by atoms with E-state index in [-0.39, 0.29) is 17.6 Å². The van der Waals surface area contributed by atoms with E-state index in [0.717, 1.165) is 92.4 Å². The standard InChI is InChI=1S/C33H28FN5O/c1-19-12-23(14-25(13-19)36-33(40)21-4-2-3-5-21)22-8-11-29-27(15-22)32(39-38-29)30-16-26-28(17-35-18-31(26)37-30)20-6-9-24(34)10-7-20/h6-18,21,37H,2-5H2,1H3,(H,36,40)(H,38,39). The van der Waals surface area contributed by atoms with Crippen molar-refractivity contribution in [3.05, 3.63) is 90.5 Å². The van der Waals surface area contributed by atoms with Crippen LogP contribution in [0.3, 0.4) is 0 Å². The highest BCUT2D eigenvalue weighted by molar-refractivity contribution is 6.01. The second kappa shape index (κ2) is 9.75. The number of nitrogens with zero attached hydrogens (tertiary/aromatic N) is 2. The molecule has 0 saturated heterocycles. The fourth-order valence-corrected chi connectivity index (χ4v) is 5.89.